The van der Waals surface area contributed by atoms with E-state index in [4.69, 9.17) is 14.5 Å². The minimum Gasteiger partial charge on any atom is -0.497 e. The summed E-state index contributed by atoms with van der Waals surface area (Å²) in [5.41, 5.74) is 0.878. The molecular formula is C14H15N3O2. The van der Waals surface area contributed by atoms with Crippen molar-refractivity contribution in [1.29, 1.82) is 5.26 Å². The topological polar surface area (TPSA) is 71.9 Å². The van der Waals surface area contributed by atoms with Gasteiger partial charge >= 0.3 is 0 Å². The molecule has 19 heavy (non-hydrogen) atoms. The molecule has 0 aliphatic rings. The Morgan fingerprint density at radius 1 is 1.37 bits per heavy atom. The molecule has 1 atom stereocenters. The lowest BCUT2D eigenvalue weighted by atomic mass is 10.1. The fourth-order valence-corrected chi connectivity index (χ4v) is 1.72. The van der Waals surface area contributed by atoms with Crippen molar-refractivity contribution >= 4 is 0 Å². The summed E-state index contributed by atoms with van der Waals surface area (Å²) in [4.78, 5) is 4.33. The smallest absolute Gasteiger partial charge is 0.227 e. The van der Waals surface area contributed by atoms with Crippen LogP contribution in [0.5, 0.6) is 5.75 Å². The number of methoxy groups -OCH3 is 1. The predicted octanol–water partition coefficient (Wildman–Crippen LogP) is 2.84. The summed E-state index contributed by atoms with van der Waals surface area (Å²) < 4.78 is 10.3. The van der Waals surface area contributed by atoms with E-state index in [1.807, 2.05) is 31.2 Å². The van der Waals surface area contributed by atoms with E-state index in [0.29, 0.717) is 24.6 Å². The second-order valence-electron chi connectivity index (χ2n) is 4.41. The maximum Gasteiger partial charge on any atom is 0.227 e. The number of aromatic nitrogens is 2. The Balaban J connectivity index is 2.09. The van der Waals surface area contributed by atoms with Gasteiger partial charge in [0.15, 0.2) is 0 Å². The molecule has 1 aromatic heterocycles. The Morgan fingerprint density at radius 2 is 2.11 bits per heavy atom. The molecule has 0 spiro atoms. The van der Waals surface area contributed by atoms with Crippen molar-refractivity contribution in [1.82, 2.24) is 10.1 Å². The molecule has 0 saturated heterocycles. The molecule has 0 aliphatic heterocycles. The van der Waals surface area contributed by atoms with E-state index in [9.17, 15) is 0 Å². The van der Waals surface area contributed by atoms with E-state index in [-0.39, 0.29) is 5.92 Å². The van der Waals surface area contributed by atoms with E-state index >= 15 is 0 Å². The van der Waals surface area contributed by atoms with E-state index in [2.05, 4.69) is 16.2 Å². The number of hydrogen-bond acceptors (Lipinski definition) is 5. The minimum absolute atomic E-state index is 0.217. The standard InChI is InChI=1S/C14H15N3O2/c1-10(7-8-15)9-13-16-14(17-19-13)11-3-5-12(18-2)6-4-11/h3-6,10H,7,9H2,1-2H3. The highest BCUT2D eigenvalue weighted by molar-refractivity contribution is 5.55. The number of ether oxygens (including phenoxy) is 1. The van der Waals surface area contributed by atoms with Gasteiger partial charge in [-0.1, -0.05) is 12.1 Å². The molecule has 2 aromatic rings. The van der Waals surface area contributed by atoms with Gasteiger partial charge in [0, 0.05) is 18.4 Å². The second kappa shape index (κ2) is 6.01. The molecule has 98 valence electrons. The van der Waals surface area contributed by atoms with Crippen molar-refractivity contribution in [3.8, 4) is 23.2 Å². The van der Waals surface area contributed by atoms with Crippen LogP contribution >= 0.6 is 0 Å². The fraction of sp³-hybridized carbons (Fsp3) is 0.357. The Hall–Kier alpha value is -2.35. The highest BCUT2D eigenvalue weighted by Crippen LogP contribution is 2.20. The Kier molecular flexibility index (Phi) is 4.14. The Labute approximate surface area is 111 Å². The van der Waals surface area contributed by atoms with Crippen LogP contribution in [0.3, 0.4) is 0 Å². The first-order chi connectivity index (χ1) is 9.22. The van der Waals surface area contributed by atoms with Crippen LogP contribution in [0.15, 0.2) is 28.8 Å². The maximum atomic E-state index is 8.62. The summed E-state index contributed by atoms with van der Waals surface area (Å²) in [7, 11) is 1.62. The summed E-state index contributed by atoms with van der Waals surface area (Å²) in [6.07, 6.45) is 1.11. The van der Waals surface area contributed by atoms with E-state index < -0.39 is 0 Å². The second-order valence-corrected chi connectivity index (χ2v) is 4.41. The summed E-state index contributed by atoms with van der Waals surface area (Å²) in [5.74, 6) is 2.12. The number of nitrogens with zero attached hydrogens (tertiary/aromatic N) is 3. The fourth-order valence-electron chi connectivity index (χ4n) is 1.72. The molecule has 0 fully saturated rings. The van der Waals surface area contributed by atoms with Crippen molar-refractivity contribution in [2.75, 3.05) is 7.11 Å². The molecule has 2 rings (SSSR count). The monoisotopic (exact) mass is 257 g/mol. The van der Waals surface area contributed by atoms with Crippen LogP contribution in [-0.2, 0) is 6.42 Å². The molecule has 0 bridgehead atoms. The zero-order valence-corrected chi connectivity index (χ0v) is 11.0. The summed E-state index contributed by atoms with van der Waals surface area (Å²) >= 11 is 0. The van der Waals surface area contributed by atoms with Gasteiger partial charge in [0.1, 0.15) is 5.75 Å². The molecule has 0 amide bonds. The summed E-state index contributed by atoms with van der Waals surface area (Å²) in [6, 6.07) is 9.60. The van der Waals surface area contributed by atoms with E-state index in [1.54, 1.807) is 7.11 Å². The number of nitriles is 1. The quantitative estimate of drug-likeness (QED) is 0.823. The van der Waals surface area contributed by atoms with Gasteiger partial charge in [0.2, 0.25) is 11.7 Å². The average molecular weight is 257 g/mol. The molecule has 0 saturated carbocycles. The molecule has 0 N–H and O–H groups in total. The van der Waals surface area contributed by atoms with Crippen LogP contribution in [0.25, 0.3) is 11.4 Å². The van der Waals surface area contributed by atoms with Gasteiger partial charge < -0.3 is 9.26 Å². The molecule has 1 unspecified atom stereocenters. The molecule has 1 heterocycles. The zero-order chi connectivity index (χ0) is 13.7. The van der Waals surface area contributed by atoms with Crippen LogP contribution in [0.2, 0.25) is 0 Å². The van der Waals surface area contributed by atoms with Crippen LogP contribution < -0.4 is 4.74 Å². The van der Waals surface area contributed by atoms with Gasteiger partial charge in [-0.2, -0.15) is 10.2 Å². The first-order valence-electron chi connectivity index (χ1n) is 6.07. The minimum atomic E-state index is 0.217. The van der Waals surface area contributed by atoms with Crippen LogP contribution in [-0.4, -0.2) is 17.3 Å². The van der Waals surface area contributed by atoms with E-state index in [1.165, 1.54) is 0 Å². The van der Waals surface area contributed by atoms with Crippen molar-refractivity contribution < 1.29 is 9.26 Å². The van der Waals surface area contributed by atoms with Gasteiger partial charge in [-0.15, -0.1) is 0 Å². The molecule has 0 radical (unpaired) electrons. The van der Waals surface area contributed by atoms with E-state index in [0.717, 1.165) is 11.3 Å². The normalized spacial score (nSPS) is 11.8. The third kappa shape index (κ3) is 3.32. The first kappa shape index (κ1) is 13.1. The van der Waals surface area contributed by atoms with Crippen LogP contribution in [0, 0.1) is 17.2 Å². The number of benzene rings is 1. The van der Waals surface area contributed by atoms with Gasteiger partial charge in [-0.3, -0.25) is 0 Å². The molecule has 5 nitrogen and oxygen atoms in total. The van der Waals surface area contributed by atoms with Crippen molar-refractivity contribution in [2.45, 2.75) is 19.8 Å². The lowest BCUT2D eigenvalue weighted by Gasteiger charge is -2.00. The summed E-state index contributed by atoms with van der Waals surface area (Å²) in [6.45, 7) is 1.99. The molecule has 5 heteroatoms. The van der Waals surface area contributed by atoms with Crippen molar-refractivity contribution in [3.05, 3.63) is 30.2 Å². The molecule has 1 aromatic carbocycles. The summed E-state index contributed by atoms with van der Waals surface area (Å²) in [5, 5.41) is 12.6. The highest BCUT2D eigenvalue weighted by Gasteiger charge is 2.12. The lowest BCUT2D eigenvalue weighted by Crippen LogP contribution is -1.98. The lowest BCUT2D eigenvalue weighted by molar-refractivity contribution is 0.359. The van der Waals surface area contributed by atoms with Gasteiger partial charge in [0.25, 0.3) is 0 Å². The van der Waals surface area contributed by atoms with Crippen LogP contribution in [0.1, 0.15) is 19.2 Å². The average Bonchev–Trinajstić information content (AvgIpc) is 2.87. The maximum absolute atomic E-state index is 8.62. The Morgan fingerprint density at radius 3 is 2.74 bits per heavy atom. The third-order valence-corrected chi connectivity index (χ3v) is 2.78. The van der Waals surface area contributed by atoms with Gasteiger partial charge in [0.05, 0.1) is 13.2 Å². The third-order valence-electron chi connectivity index (χ3n) is 2.78. The first-order valence-corrected chi connectivity index (χ1v) is 6.07. The molecular weight excluding hydrogens is 242 g/mol. The van der Waals surface area contributed by atoms with Crippen molar-refractivity contribution in [3.63, 3.8) is 0 Å². The van der Waals surface area contributed by atoms with Crippen LogP contribution in [0.4, 0.5) is 0 Å². The predicted molar refractivity (Wildman–Crippen MR) is 69.4 cm³/mol. The Bertz CT molecular complexity index is 569. The van der Waals surface area contributed by atoms with Gasteiger partial charge in [-0.05, 0) is 30.2 Å². The molecule has 0 aliphatic carbocycles. The van der Waals surface area contributed by atoms with Gasteiger partial charge in [-0.25, -0.2) is 0 Å². The SMILES string of the molecule is COc1ccc(-c2noc(CC(C)CC#N)n2)cc1. The van der Waals surface area contributed by atoms with Crippen molar-refractivity contribution in [2.24, 2.45) is 5.92 Å². The largest absolute Gasteiger partial charge is 0.497 e. The number of rotatable bonds is 5. The highest BCUT2D eigenvalue weighted by atomic mass is 16.5. The zero-order valence-electron chi connectivity index (χ0n) is 11.0. The number of hydrogen-bond donors (Lipinski definition) is 0.